The van der Waals surface area contributed by atoms with Crippen LogP contribution in [0.3, 0.4) is 0 Å². The van der Waals surface area contributed by atoms with Crippen molar-refractivity contribution in [3.8, 4) is 6.07 Å². The molecular weight excluding hydrogens is 682 g/mol. The third-order valence-electron chi connectivity index (χ3n) is 12.0. The van der Waals surface area contributed by atoms with E-state index in [-0.39, 0.29) is 16.8 Å². The Morgan fingerprint density at radius 2 is 1.87 bits per heavy atom. The summed E-state index contributed by atoms with van der Waals surface area (Å²) in [5.41, 5.74) is 5.96. The van der Waals surface area contributed by atoms with Crippen molar-refractivity contribution in [1.29, 1.82) is 5.26 Å². The summed E-state index contributed by atoms with van der Waals surface area (Å²) in [4.78, 5) is 23.6. The number of nitrogens with one attached hydrogen (secondary N) is 2. The first-order chi connectivity index (χ1) is 24.9. The molecule has 1 aromatic carbocycles. The molecule has 52 heavy (non-hydrogen) atoms. The van der Waals surface area contributed by atoms with Gasteiger partial charge in [0, 0.05) is 55.5 Å². The number of alkyl halides is 3. The predicted octanol–water partition coefficient (Wildman–Crippen LogP) is 10.2. The van der Waals surface area contributed by atoms with E-state index in [1.54, 1.807) is 20.0 Å². The van der Waals surface area contributed by atoms with Crippen LogP contribution < -0.4 is 10.6 Å². The molecule has 11 heteroatoms. The number of thiophene rings is 1. The minimum atomic E-state index is -4.27. The van der Waals surface area contributed by atoms with Gasteiger partial charge >= 0.3 is 6.18 Å². The highest BCUT2D eigenvalue weighted by molar-refractivity contribution is 7.18. The molecule has 0 radical (unpaired) electrons. The Morgan fingerprint density at radius 3 is 2.54 bits per heavy atom. The summed E-state index contributed by atoms with van der Waals surface area (Å²) in [7, 11) is 1.71. The third kappa shape index (κ3) is 9.35. The number of nitrogens with zero attached hydrogens (tertiary/aromatic N) is 4. The Kier molecular flexibility index (Phi) is 12.3. The third-order valence-corrected chi connectivity index (χ3v) is 13.0. The van der Waals surface area contributed by atoms with Gasteiger partial charge < -0.3 is 15.4 Å². The summed E-state index contributed by atoms with van der Waals surface area (Å²) in [5.74, 6) is 3.64. The number of Topliss-reactive ketones (excluding diaryl/α,β-unsaturated/α-hetero) is 1. The number of ketones is 1. The summed E-state index contributed by atoms with van der Waals surface area (Å²) in [5, 5.41) is 17.2. The zero-order chi connectivity index (χ0) is 37.0. The van der Waals surface area contributed by atoms with Gasteiger partial charge in [-0.25, -0.2) is 4.98 Å². The van der Waals surface area contributed by atoms with Gasteiger partial charge in [0.25, 0.3) is 0 Å². The van der Waals surface area contributed by atoms with Crippen LogP contribution in [0.5, 0.6) is 0 Å². The number of rotatable bonds is 14. The molecule has 1 aliphatic heterocycles. The Balaban J connectivity index is 1.01. The van der Waals surface area contributed by atoms with E-state index in [1.807, 2.05) is 0 Å². The second kappa shape index (κ2) is 16.7. The van der Waals surface area contributed by atoms with Crippen molar-refractivity contribution in [3.63, 3.8) is 0 Å². The van der Waals surface area contributed by atoms with Crippen LogP contribution in [0.25, 0.3) is 16.3 Å². The fourth-order valence-electron chi connectivity index (χ4n) is 8.79. The molecule has 1 unspecified atom stereocenters. The summed E-state index contributed by atoms with van der Waals surface area (Å²) in [6, 6.07) is 8.78. The number of hydrogen-bond acceptors (Lipinski definition) is 8. The molecule has 0 amide bonds. The van der Waals surface area contributed by atoms with Crippen molar-refractivity contribution in [1.82, 2.24) is 14.9 Å². The van der Waals surface area contributed by atoms with Crippen LogP contribution in [0, 0.1) is 36.0 Å². The first-order valence-electron chi connectivity index (χ1n) is 19.2. The molecule has 2 N–H and O–H groups in total. The number of carbonyl (C=O) groups excluding carboxylic acids is 1. The molecule has 2 aromatic heterocycles. The van der Waals surface area contributed by atoms with E-state index in [1.165, 1.54) is 54.4 Å². The van der Waals surface area contributed by atoms with Gasteiger partial charge in [0.1, 0.15) is 16.4 Å². The van der Waals surface area contributed by atoms with Gasteiger partial charge in [-0.3, -0.25) is 4.90 Å². The number of nitriles is 1. The number of anilines is 2. The molecule has 1 saturated heterocycles. The molecule has 2 fully saturated rings. The summed E-state index contributed by atoms with van der Waals surface area (Å²) < 4.78 is 39.3. The highest BCUT2D eigenvalue weighted by Gasteiger charge is 2.31. The monoisotopic (exact) mass is 734 g/mol. The minimum absolute atomic E-state index is 0.156. The number of benzene rings is 1. The first-order valence-corrected chi connectivity index (χ1v) is 20.0. The van der Waals surface area contributed by atoms with Crippen LogP contribution in [0.1, 0.15) is 118 Å². The van der Waals surface area contributed by atoms with Gasteiger partial charge in [-0.1, -0.05) is 44.7 Å². The Bertz CT molecular complexity index is 1800. The van der Waals surface area contributed by atoms with E-state index in [2.05, 4.69) is 63.6 Å². The number of allylic oxidation sites excluding steroid dienone is 1. The number of carbonyl (C=O) groups is 1. The molecule has 3 aromatic rings. The molecule has 0 bridgehead atoms. The molecule has 3 heterocycles. The lowest BCUT2D eigenvalue weighted by Gasteiger charge is -2.33. The van der Waals surface area contributed by atoms with Gasteiger partial charge in [0.05, 0.1) is 17.9 Å². The largest absolute Gasteiger partial charge is 0.393 e. The van der Waals surface area contributed by atoms with Gasteiger partial charge in [0.15, 0.2) is 0 Å². The Labute approximate surface area is 310 Å². The van der Waals surface area contributed by atoms with Crippen LogP contribution in [-0.4, -0.2) is 53.0 Å². The lowest BCUT2D eigenvalue weighted by atomic mass is 9.73. The van der Waals surface area contributed by atoms with Crippen molar-refractivity contribution in [2.45, 2.75) is 123 Å². The second-order valence-corrected chi connectivity index (χ2v) is 16.7. The van der Waals surface area contributed by atoms with E-state index in [4.69, 9.17) is 0 Å². The molecule has 2 aliphatic carbocycles. The first kappa shape index (κ1) is 38.2. The molecular formula is C41H53F3N6OS. The van der Waals surface area contributed by atoms with Crippen molar-refractivity contribution in [2.24, 2.45) is 17.8 Å². The summed E-state index contributed by atoms with van der Waals surface area (Å²) >= 11 is 1.07. The fraction of sp³-hybridized carbons (Fsp3) is 0.610. The molecule has 280 valence electrons. The Morgan fingerprint density at radius 1 is 1.12 bits per heavy atom. The van der Waals surface area contributed by atoms with E-state index >= 15 is 0 Å². The van der Waals surface area contributed by atoms with E-state index in [9.17, 15) is 23.2 Å². The number of aromatic nitrogens is 2. The summed E-state index contributed by atoms with van der Waals surface area (Å²) in [6.45, 7) is 8.93. The van der Waals surface area contributed by atoms with Crippen LogP contribution in [0.15, 0.2) is 23.8 Å². The van der Waals surface area contributed by atoms with Gasteiger partial charge in [0.2, 0.25) is 5.95 Å². The standard InChI is InChI=1S/C41H53F3N6OS/c1-25(29-12-10-28(11-13-29)9-8-26(2)51)6-5-7-34-31(23-45)20-36-27(3)30(14-15-35(34)36)24-50-18-16-32(17-19-50)47-38-37-21-33(22-41(42,43)44)52-39(37)49-40(46-4)48-38/h14-15,20-21,25,28-29,32,34H,5-13,16-19,22,24H2,1-4H3,(H2,46,47,48,49)/t25-,28?,29?,34?/m0/s1. The van der Waals surface area contributed by atoms with E-state index in [0.29, 0.717) is 33.7 Å². The van der Waals surface area contributed by atoms with Crippen LogP contribution in [-0.2, 0) is 17.8 Å². The number of hydrogen-bond donors (Lipinski definition) is 2. The van der Waals surface area contributed by atoms with Gasteiger partial charge in [-0.2, -0.15) is 23.4 Å². The van der Waals surface area contributed by atoms with Gasteiger partial charge in [-0.05, 0) is 105 Å². The number of piperidine rings is 1. The number of fused-ring (bicyclic) bond motifs is 2. The highest BCUT2D eigenvalue weighted by Crippen LogP contribution is 2.43. The minimum Gasteiger partial charge on any atom is -0.367 e. The maximum Gasteiger partial charge on any atom is 0.393 e. The second-order valence-electron chi connectivity index (χ2n) is 15.6. The molecule has 0 spiro atoms. The fourth-order valence-corrected chi connectivity index (χ4v) is 9.85. The number of likely N-dealkylation sites (tertiary alicyclic amines) is 1. The zero-order valence-corrected chi connectivity index (χ0v) is 31.9. The summed E-state index contributed by atoms with van der Waals surface area (Å²) in [6.07, 6.45) is 8.86. The Hall–Kier alpha value is -3.49. The lowest BCUT2D eigenvalue weighted by molar-refractivity contribution is -0.126. The van der Waals surface area contributed by atoms with Gasteiger partial charge in [-0.15, -0.1) is 11.3 Å². The zero-order valence-electron chi connectivity index (χ0n) is 31.0. The highest BCUT2D eigenvalue weighted by atomic mass is 32.1. The average molecular weight is 735 g/mol. The van der Waals surface area contributed by atoms with E-state index < -0.39 is 12.6 Å². The smallest absolute Gasteiger partial charge is 0.367 e. The van der Waals surface area contributed by atoms with Crippen LogP contribution in [0.4, 0.5) is 24.9 Å². The quantitative estimate of drug-likeness (QED) is 0.170. The molecule has 2 atom stereocenters. The van der Waals surface area contributed by atoms with Crippen molar-refractivity contribution in [2.75, 3.05) is 30.8 Å². The lowest BCUT2D eigenvalue weighted by Crippen LogP contribution is -2.39. The molecule has 1 saturated carbocycles. The normalized spacial score (nSPS) is 21.8. The molecule has 7 nitrogen and oxygen atoms in total. The topological polar surface area (TPSA) is 93.9 Å². The van der Waals surface area contributed by atoms with Crippen LogP contribution >= 0.6 is 11.3 Å². The SMILES string of the molecule is CNc1nc(NC2CCN(Cc3ccc4c(c3C)C=C(C#N)C4CCC[C@H](C)C3CCC(CCC(C)=O)CC3)CC2)c2cc(CC(F)(F)F)sc2n1. The van der Waals surface area contributed by atoms with Crippen LogP contribution in [0.2, 0.25) is 0 Å². The van der Waals surface area contributed by atoms with Crippen molar-refractivity contribution >= 4 is 45.2 Å². The predicted molar refractivity (Wildman–Crippen MR) is 205 cm³/mol. The molecule has 6 rings (SSSR count). The average Bonchev–Trinajstić information content (AvgIpc) is 3.69. The van der Waals surface area contributed by atoms with E-state index in [0.717, 1.165) is 86.9 Å². The van der Waals surface area contributed by atoms with Crippen molar-refractivity contribution < 1.29 is 18.0 Å². The van der Waals surface area contributed by atoms with Crippen molar-refractivity contribution in [3.05, 3.63) is 50.9 Å². The maximum atomic E-state index is 13.1. The maximum absolute atomic E-state index is 13.1. The molecule has 3 aliphatic rings. The number of halogens is 3.